The molecule has 27 heavy (non-hydrogen) atoms. The molecule has 0 radical (unpaired) electrons. The first-order chi connectivity index (χ1) is 12.2. The molecular formula is C8H13FN3O11P3S. The van der Waals surface area contributed by atoms with E-state index in [-0.39, 0.29) is 10.6 Å². The average Bonchev–Trinajstić information content (AvgIpc) is 2.73. The highest BCUT2D eigenvalue weighted by molar-refractivity contribution is 7.71. The van der Waals surface area contributed by atoms with Gasteiger partial charge in [0.15, 0.2) is 18.7 Å². The van der Waals surface area contributed by atoms with Crippen LogP contribution in [0.3, 0.4) is 0 Å². The summed E-state index contributed by atoms with van der Waals surface area (Å²) in [5.41, 5.74) is 5.42. The third-order valence-electron chi connectivity index (χ3n) is 2.81. The fourth-order valence-corrected chi connectivity index (χ4v) is 5.33. The van der Waals surface area contributed by atoms with Gasteiger partial charge in [-0.15, -0.1) is 0 Å². The van der Waals surface area contributed by atoms with E-state index in [1.54, 1.807) is 0 Å². The molecule has 0 spiro atoms. The Labute approximate surface area is 155 Å². The third-order valence-corrected chi connectivity index (χ3v) is 6.94. The molecule has 1 aromatic rings. The maximum Gasteiger partial charge on any atom is 0.490 e. The van der Waals surface area contributed by atoms with E-state index < -0.39 is 48.6 Å². The standard InChI is InChI=1S/C8H13FN3O11P3S/c9-4-3-6(20-7(4)12-2-1-5(10)11-8(12)27)21-25(16,17)23-26(18,19)22-24(13,14)15/h1-2,4,6-7H,3H2,(H,16,17)(H,18,19)(H2,10,11,27)(H2,13,14,15)/t4-,6+,7+/m0/s1. The van der Waals surface area contributed by atoms with E-state index in [0.717, 1.165) is 4.57 Å². The zero-order chi connectivity index (χ0) is 20.6. The van der Waals surface area contributed by atoms with Crippen LogP contribution in [0.25, 0.3) is 0 Å². The number of phosphoric acid groups is 3. The van der Waals surface area contributed by atoms with Gasteiger partial charge >= 0.3 is 23.5 Å². The van der Waals surface area contributed by atoms with Crippen LogP contribution in [0, 0.1) is 4.77 Å². The molecule has 19 heteroatoms. The maximum absolute atomic E-state index is 14.2. The minimum absolute atomic E-state index is 0.0643. The molecule has 154 valence electrons. The van der Waals surface area contributed by atoms with Crippen molar-refractivity contribution in [2.75, 3.05) is 5.73 Å². The highest BCUT2D eigenvalue weighted by atomic mass is 32.1. The number of rotatable bonds is 7. The van der Waals surface area contributed by atoms with Crippen molar-refractivity contribution < 1.29 is 55.5 Å². The summed E-state index contributed by atoms with van der Waals surface area (Å²) < 4.78 is 65.1. The molecule has 14 nitrogen and oxygen atoms in total. The SMILES string of the molecule is Nc1ccn([C@@H]2O[C@H](OP(=O)(O)OP(=O)(O)OP(=O)(O)O)C[C@@H]2F)c(=S)n1. The van der Waals surface area contributed by atoms with Crippen molar-refractivity contribution in [1.82, 2.24) is 9.55 Å². The Morgan fingerprint density at radius 2 is 1.89 bits per heavy atom. The van der Waals surface area contributed by atoms with Crippen molar-refractivity contribution in [1.29, 1.82) is 0 Å². The van der Waals surface area contributed by atoms with Gasteiger partial charge in [0.1, 0.15) is 5.82 Å². The van der Waals surface area contributed by atoms with Gasteiger partial charge in [0.05, 0.1) is 0 Å². The Bertz CT molecular complexity index is 907. The van der Waals surface area contributed by atoms with Crippen molar-refractivity contribution >= 4 is 41.5 Å². The Balaban J connectivity index is 2.07. The van der Waals surface area contributed by atoms with Gasteiger partial charge in [0.2, 0.25) is 4.77 Å². The second-order valence-corrected chi connectivity index (χ2v) is 9.68. The van der Waals surface area contributed by atoms with Crippen LogP contribution in [0.1, 0.15) is 12.6 Å². The highest BCUT2D eigenvalue weighted by Gasteiger charge is 2.45. The van der Waals surface area contributed by atoms with E-state index in [4.69, 9.17) is 37.4 Å². The molecule has 1 fully saturated rings. The van der Waals surface area contributed by atoms with Gasteiger partial charge in [-0.1, -0.05) is 0 Å². The number of phosphoric ester groups is 1. The van der Waals surface area contributed by atoms with Crippen molar-refractivity contribution in [2.24, 2.45) is 0 Å². The molecule has 6 N–H and O–H groups in total. The minimum Gasteiger partial charge on any atom is -0.384 e. The number of nitrogen functional groups attached to an aromatic ring is 1. The number of aromatic nitrogens is 2. The van der Waals surface area contributed by atoms with E-state index in [1.807, 2.05) is 0 Å². The Morgan fingerprint density at radius 1 is 1.26 bits per heavy atom. The van der Waals surface area contributed by atoms with Crippen molar-refractivity contribution in [3.05, 3.63) is 17.0 Å². The van der Waals surface area contributed by atoms with Crippen LogP contribution in [0.2, 0.25) is 0 Å². The fourth-order valence-electron chi connectivity index (χ4n) is 1.97. The summed E-state index contributed by atoms with van der Waals surface area (Å²) in [5, 5.41) is 0. The lowest BCUT2D eigenvalue weighted by molar-refractivity contribution is -0.112. The first-order valence-corrected chi connectivity index (χ1v) is 11.6. The topological polar surface area (TPSA) is 213 Å². The summed E-state index contributed by atoms with van der Waals surface area (Å²) in [5.74, 6) is 0.0643. The predicted molar refractivity (Wildman–Crippen MR) is 85.8 cm³/mol. The molecule has 0 saturated carbocycles. The number of nitrogens with zero attached hydrogens (tertiary/aromatic N) is 2. The smallest absolute Gasteiger partial charge is 0.384 e. The summed E-state index contributed by atoms with van der Waals surface area (Å²) in [6, 6.07) is 1.29. The first-order valence-electron chi connectivity index (χ1n) is 6.64. The summed E-state index contributed by atoms with van der Waals surface area (Å²) in [6.45, 7) is 0. The molecular weight excluding hydrogens is 458 g/mol. The normalized spacial score (nSPS) is 27.8. The van der Waals surface area contributed by atoms with Crippen LogP contribution in [-0.4, -0.2) is 41.6 Å². The molecule has 2 rings (SSSR count). The number of halogens is 1. The molecule has 2 unspecified atom stereocenters. The minimum atomic E-state index is -5.69. The van der Waals surface area contributed by atoms with Gasteiger partial charge in [-0.05, 0) is 18.3 Å². The number of ether oxygens (including phenoxy) is 1. The van der Waals surface area contributed by atoms with Crippen LogP contribution in [0.5, 0.6) is 0 Å². The summed E-state index contributed by atoms with van der Waals surface area (Å²) >= 11 is 4.89. The van der Waals surface area contributed by atoms with Gasteiger partial charge < -0.3 is 30.0 Å². The first kappa shape index (κ1) is 22.7. The van der Waals surface area contributed by atoms with Crippen LogP contribution >= 0.6 is 35.7 Å². The van der Waals surface area contributed by atoms with Gasteiger partial charge in [0, 0.05) is 12.6 Å². The third kappa shape index (κ3) is 6.75. The zero-order valence-electron chi connectivity index (χ0n) is 12.8. The molecule has 2 heterocycles. The molecule has 0 aliphatic carbocycles. The number of hydrogen-bond donors (Lipinski definition) is 5. The number of alkyl halides is 1. The highest BCUT2D eigenvalue weighted by Crippen LogP contribution is 2.66. The molecule has 1 aromatic heterocycles. The Morgan fingerprint density at radius 3 is 2.44 bits per heavy atom. The number of hydrogen-bond acceptors (Lipinski definition) is 10. The van der Waals surface area contributed by atoms with Crippen molar-refractivity contribution in [2.45, 2.75) is 25.1 Å². The quantitative estimate of drug-likeness (QED) is 0.279. The van der Waals surface area contributed by atoms with Gasteiger partial charge in [0.25, 0.3) is 0 Å². The van der Waals surface area contributed by atoms with E-state index in [2.05, 4.69) is 18.1 Å². The lowest BCUT2D eigenvalue weighted by atomic mass is 10.3. The van der Waals surface area contributed by atoms with E-state index in [1.165, 1.54) is 12.3 Å². The van der Waals surface area contributed by atoms with Crippen LogP contribution in [0.4, 0.5) is 10.2 Å². The molecule has 1 aliphatic rings. The second-order valence-electron chi connectivity index (χ2n) is 4.95. The molecule has 1 aliphatic heterocycles. The average molecular weight is 471 g/mol. The largest absolute Gasteiger partial charge is 0.490 e. The van der Waals surface area contributed by atoms with Crippen LogP contribution < -0.4 is 5.73 Å². The van der Waals surface area contributed by atoms with E-state index in [0.29, 0.717) is 0 Å². The summed E-state index contributed by atoms with van der Waals surface area (Å²) in [6.07, 6.45) is -4.30. The van der Waals surface area contributed by atoms with Gasteiger partial charge in [-0.25, -0.2) is 23.1 Å². The van der Waals surface area contributed by atoms with Crippen LogP contribution in [0.15, 0.2) is 12.3 Å². The lowest BCUT2D eigenvalue weighted by Crippen LogP contribution is -2.18. The van der Waals surface area contributed by atoms with Gasteiger partial charge in [-0.3, -0.25) is 9.09 Å². The van der Waals surface area contributed by atoms with Crippen LogP contribution in [-0.2, 0) is 31.6 Å². The number of anilines is 1. The molecule has 5 atom stereocenters. The fraction of sp³-hybridized carbons (Fsp3) is 0.500. The molecule has 0 bridgehead atoms. The Hall–Kier alpha value is -0.600. The van der Waals surface area contributed by atoms with Gasteiger partial charge in [-0.2, -0.15) is 8.62 Å². The summed E-state index contributed by atoms with van der Waals surface area (Å²) in [7, 11) is -16.7. The van der Waals surface area contributed by atoms with Crippen molar-refractivity contribution in [3.63, 3.8) is 0 Å². The van der Waals surface area contributed by atoms with E-state index in [9.17, 15) is 23.0 Å². The summed E-state index contributed by atoms with van der Waals surface area (Å²) in [4.78, 5) is 39.1. The predicted octanol–water partition coefficient (Wildman–Crippen LogP) is 1.12. The second kappa shape index (κ2) is 8.03. The maximum atomic E-state index is 14.2. The molecule has 1 saturated heterocycles. The Kier molecular flexibility index (Phi) is 6.75. The molecule has 0 aromatic carbocycles. The van der Waals surface area contributed by atoms with Crippen molar-refractivity contribution in [3.8, 4) is 0 Å². The van der Waals surface area contributed by atoms with E-state index >= 15 is 0 Å². The monoisotopic (exact) mass is 471 g/mol. The number of nitrogens with two attached hydrogens (primary N) is 1. The molecule has 0 amide bonds. The lowest BCUT2D eigenvalue weighted by Gasteiger charge is -2.20. The zero-order valence-corrected chi connectivity index (χ0v) is 16.3.